The Morgan fingerprint density at radius 2 is 1.31 bits per heavy atom. The summed E-state index contributed by atoms with van der Waals surface area (Å²) in [6, 6.07) is 56.9. The molecule has 4 heterocycles. The number of imidazole rings is 1. The number of aryl methyl sites for hydroxylation is 1. The van der Waals surface area contributed by atoms with Gasteiger partial charge in [-0.1, -0.05) is 42.5 Å². The number of anilines is 4. The van der Waals surface area contributed by atoms with E-state index in [9.17, 15) is 2.74 Å². The van der Waals surface area contributed by atoms with E-state index in [2.05, 4.69) is 168 Å². The standard InChI is InChI=1S/C66H58BN5O.Pt/c1-44-37-38-49(42-60(44)73-62-36-22-35-61(68-62)72-59-34-20-19-33-58(59)71-55-30-16-14-28-51(55)50-27-13-15-29-54(50)67(71)72)69-43-70(57-32-18-17-31-56(57)69)63-52(45-23-11-10-12-24-45)40-48(66(8,9)65(5,6)7)41-53(63)46-25-21-26-47(39-46)64(2,3)4;/h10-33,35-41H,1-9H3;/q-2;/i1D3,10D,11D,12D,23D,24D;. The number of rotatable bonds is 8. The summed E-state index contributed by atoms with van der Waals surface area (Å²) in [5, 5.41) is 0. The van der Waals surface area contributed by atoms with Crippen molar-refractivity contribution in [3.8, 4) is 56.4 Å². The van der Waals surface area contributed by atoms with Gasteiger partial charge in [-0.2, -0.15) is 12.1 Å². The van der Waals surface area contributed by atoms with Gasteiger partial charge in [0.1, 0.15) is 0 Å². The Morgan fingerprint density at radius 1 is 0.622 bits per heavy atom. The summed E-state index contributed by atoms with van der Waals surface area (Å²) in [7, 11) is 0. The molecule has 12 rings (SSSR count). The molecule has 2 aliphatic heterocycles. The number of aromatic nitrogens is 3. The molecule has 2 aromatic heterocycles. The Hall–Kier alpha value is -7.47. The van der Waals surface area contributed by atoms with Crippen molar-refractivity contribution in [2.45, 2.75) is 73.1 Å². The SMILES string of the molecule is [2H]c1c([2H])c([2H])c(-c2cc(C(C)(C)C(C)(C)C)cc(-c3cccc(C(C)(C)C)c3)c2-n2[c](=[Pt])n(-c3[c-]c(Oc4cccc(N5B6c7ccccc7-c7ccccc7N6c6ccc[c-]c65)n4)c(C([2H])([2H])[2H])cc3)c3ccccc32)c([2H])c1[2H]. The number of ether oxygens (including phenoxy) is 1. The zero-order valence-electron chi connectivity index (χ0n) is 50.5. The van der Waals surface area contributed by atoms with Crippen LogP contribution >= 0.6 is 0 Å². The molecule has 10 aromatic rings. The van der Waals surface area contributed by atoms with E-state index in [1.165, 1.54) is 0 Å². The first-order valence-corrected chi connectivity index (χ1v) is 26.0. The summed E-state index contributed by atoms with van der Waals surface area (Å²) in [4.78, 5) is 9.62. The number of hydrogen-bond acceptors (Lipinski definition) is 4. The Morgan fingerprint density at radius 3 is 2.07 bits per heavy atom. The van der Waals surface area contributed by atoms with Gasteiger partial charge in [-0.3, -0.25) is 0 Å². The summed E-state index contributed by atoms with van der Waals surface area (Å²) in [6.07, 6.45) is 0. The quantitative estimate of drug-likeness (QED) is 0.112. The van der Waals surface area contributed by atoms with Crippen LogP contribution in [0, 0.1) is 28.2 Å². The topological polar surface area (TPSA) is 38.5 Å². The molecular formula is C66H58BN5OPt-2. The molecule has 74 heavy (non-hydrogen) atoms. The second kappa shape index (κ2) is 17.9. The Bertz CT molecular complexity index is 4300. The van der Waals surface area contributed by atoms with Gasteiger partial charge in [0.05, 0.1) is 0 Å². The van der Waals surface area contributed by atoms with Crippen molar-refractivity contribution in [1.82, 2.24) is 14.1 Å². The first-order valence-electron chi connectivity index (χ1n) is 28.9. The Balaban J connectivity index is 1.07. The minimum absolute atomic E-state index is 0.0391. The first-order chi connectivity index (χ1) is 38.9. The van der Waals surface area contributed by atoms with Crippen molar-refractivity contribution in [3.05, 3.63) is 221 Å². The van der Waals surface area contributed by atoms with Crippen LogP contribution in [0.4, 0.5) is 22.9 Å². The van der Waals surface area contributed by atoms with E-state index in [-0.39, 0.29) is 52.7 Å². The third kappa shape index (κ3) is 7.82. The predicted molar refractivity (Wildman–Crippen MR) is 303 cm³/mol. The van der Waals surface area contributed by atoms with Crippen molar-refractivity contribution in [3.63, 3.8) is 0 Å². The number of fused-ring (bicyclic) bond motifs is 9. The number of benzene rings is 8. The van der Waals surface area contributed by atoms with Crippen molar-refractivity contribution in [2.75, 3.05) is 9.62 Å². The fourth-order valence-electron chi connectivity index (χ4n) is 10.4. The molecule has 0 bridgehead atoms. The zero-order chi connectivity index (χ0) is 58.1. The molecule has 8 heteroatoms. The van der Waals surface area contributed by atoms with Crippen LogP contribution < -0.4 is 19.8 Å². The molecule has 368 valence electrons. The van der Waals surface area contributed by atoms with Crippen LogP contribution in [0.3, 0.4) is 0 Å². The van der Waals surface area contributed by atoms with Crippen LogP contribution in [-0.4, -0.2) is 21.1 Å². The van der Waals surface area contributed by atoms with Crippen LogP contribution in [0.2, 0.25) is 0 Å². The van der Waals surface area contributed by atoms with Gasteiger partial charge < -0.3 is 0 Å². The normalized spacial score (nSPS) is 14.9. The van der Waals surface area contributed by atoms with E-state index < -0.39 is 30.4 Å². The molecule has 8 aromatic carbocycles. The molecule has 0 spiro atoms. The number of pyridine rings is 1. The van der Waals surface area contributed by atoms with Crippen molar-refractivity contribution in [1.29, 1.82) is 0 Å². The van der Waals surface area contributed by atoms with Crippen molar-refractivity contribution < 1.29 is 35.1 Å². The first kappa shape index (κ1) is 39.1. The van der Waals surface area contributed by atoms with E-state index in [4.69, 9.17) is 17.9 Å². The fourth-order valence-corrected chi connectivity index (χ4v) is 11.5. The third-order valence-electron chi connectivity index (χ3n) is 15.2. The average Bonchev–Trinajstić information content (AvgIpc) is 2.35. The fraction of sp³-hybridized carbons (Fsp3) is 0.182. The molecular weight excluding hydrogens is 1080 g/mol. The van der Waals surface area contributed by atoms with E-state index in [1.807, 2.05) is 77.4 Å². The maximum atomic E-state index is 9.54. The molecule has 0 saturated heterocycles. The zero-order valence-corrected chi connectivity index (χ0v) is 44.8. The summed E-state index contributed by atoms with van der Waals surface area (Å²) >= 11 is 2.27. The van der Waals surface area contributed by atoms with Gasteiger partial charge in [-0.05, 0) is 11.6 Å². The van der Waals surface area contributed by atoms with E-state index >= 15 is 0 Å². The monoisotopic (exact) mass is 1150 g/mol. The van der Waals surface area contributed by atoms with Crippen LogP contribution in [0.25, 0.3) is 55.8 Å². The van der Waals surface area contributed by atoms with Gasteiger partial charge in [-0.25, -0.2) is 0 Å². The minimum atomic E-state index is -2.62. The molecule has 0 saturated carbocycles. The summed E-state index contributed by atoms with van der Waals surface area (Å²) in [5.74, 6) is 0.683. The van der Waals surface area contributed by atoms with Gasteiger partial charge in [-0.15, -0.1) is 6.07 Å². The summed E-state index contributed by atoms with van der Waals surface area (Å²) in [6.45, 7) is 14.5. The van der Waals surface area contributed by atoms with Crippen LogP contribution in [0.5, 0.6) is 11.6 Å². The number of hydrogen-bond donors (Lipinski definition) is 0. The van der Waals surface area contributed by atoms with E-state index in [0.29, 0.717) is 26.6 Å². The van der Waals surface area contributed by atoms with Gasteiger partial charge in [0.25, 0.3) is 0 Å². The van der Waals surface area contributed by atoms with Crippen molar-refractivity contribution >= 4 is 46.4 Å². The van der Waals surface area contributed by atoms with Gasteiger partial charge in [0.2, 0.25) is 0 Å². The average molecular weight is 1150 g/mol. The number of nitrogens with zero attached hydrogens (tertiary/aromatic N) is 5. The van der Waals surface area contributed by atoms with Crippen LogP contribution in [0.1, 0.15) is 83.0 Å². The van der Waals surface area contributed by atoms with E-state index in [1.54, 1.807) is 18.2 Å². The maximum absolute atomic E-state index is 9.54. The molecule has 0 N–H and O–H groups in total. The van der Waals surface area contributed by atoms with E-state index in [0.717, 1.165) is 66.9 Å². The van der Waals surface area contributed by atoms with Crippen LogP contribution in [0.15, 0.2) is 188 Å². The Labute approximate surface area is 458 Å². The van der Waals surface area contributed by atoms with Gasteiger partial charge in [0.15, 0.2) is 0 Å². The molecule has 0 atom stereocenters. The molecule has 2 aliphatic rings. The van der Waals surface area contributed by atoms with Crippen molar-refractivity contribution in [2.24, 2.45) is 5.41 Å². The predicted octanol–water partition coefficient (Wildman–Crippen LogP) is 16.2. The molecule has 0 radical (unpaired) electrons. The molecule has 0 fully saturated rings. The third-order valence-corrected chi connectivity index (χ3v) is 16.3. The van der Waals surface area contributed by atoms with Gasteiger partial charge >= 0.3 is 377 Å². The Kier molecular flexibility index (Phi) is 9.44. The number of para-hydroxylation sites is 4. The second-order valence-corrected chi connectivity index (χ2v) is 22.7. The molecule has 6 nitrogen and oxygen atoms in total. The van der Waals surface area contributed by atoms with Crippen LogP contribution in [-0.2, 0) is 30.2 Å². The summed E-state index contributed by atoms with van der Waals surface area (Å²) in [5.41, 5.74) is 11.8. The molecule has 0 amide bonds. The molecule has 0 unspecified atom stereocenters. The summed E-state index contributed by atoms with van der Waals surface area (Å²) < 4.78 is 83.5. The second-order valence-electron chi connectivity index (χ2n) is 21.7. The molecule has 0 aliphatic carbocycles. The van der Waals surface area contributed by atoms with Gasteiger partial charge in [0, 0.05) is 11.3 Å².